The van der Waals surface area contributed by atoms with E-state index in [1.54, 1.807) is 16.0 Å². The number of likely N-dealkylation sites (tertiary alicyclic amines) is 1. The van der Waals surface area contributed by atoms with E-state index in [1.807, 2.05) is 19.9 Å². The average Bonchev–Trinajstić information content (AvgIpc) is 3.34. The molecule has 3 heterocycles. The zero-order chi connectivity index (χ0) is 23.4. The fourth-order valence-corrected chi connectivity index (χ4v) is 3.94. The van der Waals surface area contributed by atoms with Crippen molar-refractivity contribution in [3.05, 3.63) is 54.3 Å². The zero-order valence-electron chi connectivity index (χ0n) is 18.8. The van der Waals surface area contributed by atoms with E-state index < -0.39 is 11.6 Å². The van der Waals surface area contributed by atoms with Gasteiger partial charge in [0.2, 0.25) is 0 Å². The van der Waals surface area contributed by atoms with E-state index in [0.717, 1.165) is 5.70 Å². The summed E-state index contributed by atoms with van der Waals surface area (Å²) in [5.74, 6) is -0.992. The third kappa shape index (κ3) is 5.62. The number of benzene rings is 1. The highest BCUT2D eigenvalue weighted by Crippen LogP contribution is 2.27. The number of halogens is 2. The number of amides is 1. The van der Waals surface area contributed by atoms with Crippen LogP contribution in [0.4, 0.5) is 19.3 Å². The van der Waals surface area contributed by atoms with Crippen LogP contribution in [0.25, 0.3) is 5.69 Å². The van der Waals surface area contributed by atoms with Crippen LogP contribution in [0.5, 0.6) is 0 Å². The number of imidazole rings is 1. The molecule has 1 aromatic heterocycles. The monoisotopic (exact) mass is 461 g/mol. The molecule has 1 aromatic carbocycles. The molecule has 0 unspecified atom stereocenters. The topological polar surface area (TPSA) is 71.9 Å². The van der Waals surface area contributed by atoms with E-state index in [0.29, 0.717) is 45.4 Å². The number of rotatable bonds is 6. The largest absolute Gasteiger partial charge is 0.447 e. The van der Waals surface area contributed by atoms with Crippen LogP contribution in [0, 0.1) is 11.6 Å². The van der Waals surface area contributed by atoms with Crippen LogP contribution in [0.3, 0.4) is 0 Å². The van der Waals surface area contributed by atoms with Gasteiger partial charge in [-0.1, -0.05) is 0 Å². The number of hydrogen-bond acceptors (Lipinski definition) is 6. The van der Waals surface area contributed by atoms with Gasteiger partial charge in [-0.2, -0.15) is 0 Å². The Bertz CT molecular complexity index is 988. The lowest BCUT2D eigenvalue weighted by atomic mass is 10.1. The number of aromatic nitrogens is 2. The van der Waals surface area contributed by atoms with Gasteiger partial charge in [-0.3, -0.25) is 10.3 Å². The highest BCUT2D eigenvalue weighted by molar-refractivity contribution is 5.67. The van der Waals surface area contributed by atoms with Crippen LogP contribution in [0.1, 0.15) is 33.1 Å². The van der Waals surface area contributed by atoms with Gasteiger partial charge in [-0.25, -0.2) is 18.6 Å². The summed E-state index contributed by atoms with van der Waals surface area (Å²) in [7, 11) is 0. The van der Waals surface area contributed by atoms with Crippen LogP contribution in [-0.4, -0.2) is 58.9 Å². The Morgan fingerprint density at radius 1 is 1.15 bits per heavy atom. The van der Waals surface area contributed by atoms with Crippen molar-refractivity contribution in [2.24, 2.45) is 0 Å². The van der Waals surface area contributed by atoms with E-state index >= 15 is 0 Å². The van der Waals surface area contributed by atoms with Gasteiger partial charge in [0.05, 0.1) is 29.9 Å². The molecule has 1 N–H and O–H groups in total. The van der Waals surface area contributed by atoms with Crippen molar-refractivity contribution in [1.82, 2.24) is 19.9 Å². The Hall–Kier alpha value is -3.14. The van der Waals surface area contributed by atoms with Crippen molar-refractivity contribution < 1.29 is 23.1 Å². The number of anilines is 1. The third-order valence-corrected chi connectivity index (χ3v) is 5.74. The molecule has 4 rings (SSSR count). The quantitative estimate of drug-likeness (QED) is 0.661. The molecule has 10 heteroatoms. The van der Waals surface area contributed by atoms with Crippen molar-refractivity contribution in [3.63, 3.8) is 0 Å². The molecule has 2 aromatic rings. The summed E-state index contributed by atoms with van der Waals surface area (Å²) < 4.78 is 36.0. The molecule has 1 fully saturated rings. The average molecular weight is 462 g/mol. The highest BCUT2D eigenvalue weighted by Gasteiger charge is 2.26. The highest BCUT2D eigenvalue weighted by atomic mass is 19.1. The number of ether oxygens (including phenoxy) is 1. The van der Waals surface area contributed by atoms with E-state index in [2.05, 4.69) is 10.5 Å². The predicted molar refractivity (Wildman–Crippen MR) is 119 cm³/mol. The SMILES string of the molecule is CC(C)OC(=O)N1CCC(ONC2=CCN(c3cc(F)c(-n4ccnc4)cc3F)CC2)CC1. The molecule has 0 aliphatic carbocycles. The normalized spacial score (nSPS) is 17.3. The first-order chi connectivity index (χ1) is 15.9. The molecule has 178 valence electrons. The number of hydrogen-bond donors (Lipinski definition) is 1. The lowest BCUT2D eigenvalue weighted by Gasteiger charge is -2.33. The number of carbonyl (C=O) groups excluding carboxylic acids is 1. The van der Waals surface area contributed by atoms with E-state index in [4.69, 9.17) is 9.57 Å². The molecule has 8 nitrogen and oxygen atoms in total. The minimum Gasteiger partial charge on any atom is -0.447 e. The Kier molecular flexibility index (Phi) is 7.12. The van der Waals surface area contributed by atoms with E-state index in [1.165, 1.54) is 29.2 Å². The van der Waals surface area contributed by atoms with Gasteiger partial charge in [0.15, 0.2) is 0 Å². The molecule has 0 radical (unpaired) electrons. The first-order valence-corrected chi connectivity index (χ1v) is 11.2. The molecule has 0 atom stereocenters. The number of nitrogens with zero attached hydrogens (tertiary/aromatic N) is 4. The van der Waals surface area contributed by atoms with Gasteiger partial charge in [0.25, 0.3) is 0 Å². The second kappa shape index (κ2) is 10.2. The Morgan fingerprint density at radius 3 is 2.52 bits per heavy atom. The molecule has 2 aliphatic heterocycles. The summed E-state index contributed by atoms with van der Waals surface area (Å²) >= 11 is 0. The molecule has 1 saturated heterocycles. The number of piperidine rings is 1. The zero-order valence-corrected chi connectivity index (χ0v) is 18.8. The molecular formula is C23H29F2N5O3. The molecule has 33 heavy (non-hydrogen) atoms. The van der Waals surface area contributed by atoms with Crippen LogP contribution < -0.4 is 10.4 Å². The summed E-state index contributed by atoms with van der Waals surface area (Å²) in [6.07, 6.45) is 8.06. The van der Waals surface area contributed by atoms with Crippen molar-refractivity contribution in [3.8, 4) is 5.69 Å². The van der Waals surface area contributed by atoms with E-state index in [-0.39, 0.29) is 29.7 Å². The number of carbonyl (C=O) groups is 1. The lowest BCUT2D eigenvalue weighted by Crippen LogP contribution is -2.43. The standard InChI is InChI=1S/C23H29F2N5O3/c1-16(2)32-23(31)29-10-5-18(6-11-29)33-27-17-3-8-28(9-4-17)21-13-20(25)22(14-19(21)24)30-12-7-26-15-30/h3,7,12-16,18,27H,4-6,8-11H2,1-2H3. The first-order valence-electron chi connectivity index (χ1n) is 11.2. The smallest absolute Gasteiger partial charge is 0.410 e. The summed E-state index contributed by atoms with van der Waals surface area (Å²) in [5, 5.41) is 0. The lowest BCUT2D eigenvalue weighted by molar-refractivity contribution is -0.0415. The minimum atomic E-state index is -0.510. The number of nitrogens with one attached hydrogen (secondary N) is 1. The minimum absolute atomic E-state index is 0.00529. The summed E-state index contributed by atoms with van der Waals surface area (Å²) in [4.78, 5) is 25.2. The van der Waals surface area contributed by atoms with Crippen molar-refractivity contribution >= 4 is 11.8 Å². The maximum atomic E-state index is 14.7. The second-order valence-corrected chi connectivity index (χ2v) is 8.49. The fraction of sp³-hybridized carbons (Fsp3) is 0.478. The first kappa shape index (κ1) is 23.0. The molecular weight excluding hydrogens is 432 g/mol. The van der Waals surface area contributed by atoms with Crippen LogP contribution in [0.2, 0.25) is 0 Å². The maximum Gasteiger partial charge on any atom is 0.410 e. The summed E-state index contributed by atoms with van der Waals surface area (Å²) in [6, 6.07) is 2.42. The van der Waals surface area contributed by atoms with Crippen LogP contribution in [0.15, 0.2) is 42.6 Å². The van der Waals surface area contributed by atoms with Crippen LogP contribution >= 0.6 is 0 Å². The van der Waals surface area contributed by atoms with Gasteiger partial charge in [0.1, 0.15) is 11.6 Å². The maximum absolute atomic E-state index is 14.7. The molecule has 0 saturated carbocycles. The molecule has 1 amide bonds. The molecule has 2 aliphatic rings. The van der Waals surface area contributed by atoms with Gasteiger partial charge in [0, 0.05) is 62.8 Å². The Labute approximate surface area is 191 Å². The van der Waals surface area contributed by atoms with E-state index in [9.17, 15) is 13.6 Å². The Morgan fingerprint density at radius 2 is 1.88 bits per heavy atom. The van der Waals surface area contributed by atoms with Gasteiger partial charge < -0.3 is 19.1 Å². The summed E-state index contributed by atoms with van der Waals surface area (Å²) in [5.41, 5.74) is 4.28. The summed E-state index contributed by atoms with van der Waals surface area (Å²) in [6.45, 7) is 5.81. The van der Waals surface area contributed by atoms with Crippen molar-refractivity contribution in [2.75, 3.05) is 31.1 Å². The third-order valence-electron chi connectivity index (χ3n) is 5.74. The molecule has 0 spiro atoms. The van der Waals surface area contributed by atoms with Crippen molar-refractivity contribution in [1.29, 1.82) is 0 Å². The van der Waals surface area contributed by atoms with Crippen LogP contribution in [-0.2, 0) is 9.57 Å². The van der Waals surface area contributed by atoms with Gasteiger partial charge >= 0.3 is 6.09 Å². The van der Waals surface area contributed by atoms with Gasteiger partial charge in [-0.15, -0.1) is 0 Å². The second-order valence-electron chi connectivity index (χ2n) is 8.49. The fourth-order valence-electron chi connectivity index (χ4n) is 3.94. The van der Waals surface area contributed by atoms with Gasteiger partial charge in [-0.05, 0) is 32.8 Å². The number of hydroxylamine groups is 1. The predicted octanol–water partition coefficient (Wildman–Crippen LogP) is 3.78. The van der Waals surface area contributed by atoms with Crippen molar-refractivity contribution in [2.45, 2.75) is 45.3 Å². The Balaban J connectivity index is 1.27. The molecule has 0 bridgehead atoms.